The quantitative estimate of drug-likeness (QED) is 0.419. The highest BCUT2D eigenvalue weighted by Crippen LogP contribution is 2.22. The first-order valence-electron chi connectivity index (χ1n) is 7.89. The van der Waals surface area contributed by atoms with E-state index in [1.54, 1.807) is 0 Å². The lowest BCUT2D eigenvalue weighted by Gasteiger charge is -2.09. The molecule has 0 aliphatic carbocycles. The summed E-state index contributed by atoms with van der Waals surface area (Å²) in [6.45, 7) is 2.23. The van der Waals surface area contributed by atoms with Crippen molar-refractivity contribution in [3.8, 4) is 5.75 Å². The van der Waals surface area contributed by atoms with Crippen molar-refractivity contribution >= 4 is 15.7 Å². The average Bonchev–Trinajstić information content (AvgIpc) is 2.60. The minimum atomic E-state index is -3.98. The fraction of sp³-hybridized carbons (Fsp3) is 0.294. The van der Waals surface area contributed by atoms with Gasteiger partial charge in [-0.05, 0) is 30.2 Å². The van der Waals surface area contributed by atoms with E-state index in [-0.39, 0.29) is 18.0 Å². The summed E-state index contributed by atoms with van der Waals surface area (Å²) >= 11 is 0. The molecular formula is C17H20N2O5S. The molecule has 0 saturated heterocycles. The molecule has 0 amide bonds. The lowest BCUT2D eigenvalue weighted by atomic mass is 10.1. The number of nitro groups is 1. The smallest absolute Gasteiger partial charge is 0.289 e. The maximum atomic E-state index is 12.2. The normalized spacial score (nSPS) is 11.2. The minimum Gasteiger partial charge on any atom is -0.492 e. The largest absolute Gasteiger partial charge is 0.492 e. The average molecular weight is 364 g/mol. The number of hydrogen-bond acceptors (Lipinski definition) is 5. The lowest BCUT2D eigenvalue weighted by molar-refractivity contribution is -0.387. The molecule has 0 aliphatic heterocycles. The van der Waals surface area contributed by atoms with Gasteiger partial charge in [-0.1, -0.05) is 37.6 Å². The molecule has 0 radical (unpaired) electrons. The molecule has 134 valence electrons. The first-order chi connectivity index (χ1) is 11.9. The van der Waals surface area contributed by atoms with Gasteiger partial charge in [0.1, 0.15) is 12.4 Å². The van der Waals surface area contributed by atoms with Crippen molar-refractivity contribution in [3.05, 3.63) is 64.2 Å². The third kappa shape index (κ3) is 5.27. The molecule has 25 heavy (non-hydrogen) atoms. The van der Waals surface area contributed by atoms with Gasteiger partial charge >= 0.3 is 0 Å². The Hall–Kier alpha value is -2.45. The Morgan fingerprint density at radius 2 is 1.80 bits per heavy atom. The minimum absolute atomic E-state index is 0.00505. The molecule has 1 N–H and O–H groups in total. The highest BCUT2D eigenvalue weighted by molar-refractivity contribution is 7.89. The van der Waals surface area contributed by atoms with E-state index >= 15 is 0 Å². The fourth-order valence-electron chi connectivity index (χ4n) is 2.30. The van der Waals surface area contributed by atoms with Crippen LogP contribution in [0.3, 0.4) is 0 Å². The van der Waals surface area contributed by atoms with E-state index in [1.165, 1.54) is 23.8 Å². The maximum absolute atomic E-state index is 12.2. The molecule has 0 aliphatic rings. The van der Waals surface area contributed by atoms with Crippen molar-refractivity contribution in [2.45, 2.75) is 24.7 Å². The van der Waals surface area contributed by atoms with Gasteiger partial charge < -0.3 is 4.74 Å². The van der Waals surface area contributed by atoms with Gasteiger partial charge in [0, 0.05) is 12.6 Å². The zero-order chi connectivity index (χ0) is 18.3. The Morgan fingerprint density at radius 3 is 2.44 bits per heavy atom. The predicted molar refractivity (Wildman–Crippen MR) is 94.2 cm³/mol. The van der Waals surface area contributed by atoms with E-state index < -0.39 is 20.6 Å². The number of benzene rings is 2. The molecule has 0 bridgehead atoms. The Bertz CT molecular complexity index is 819. The number of sulfonamides is 1. The van der Waals surface area contributed by atoms with Crippen molar-refractivity contribution in [1.29, 1.82) is 0 Å². The van der Waals surface area contributed by atoms with Crippen LogP contribution in [0.2, 0.25) is 0 Å². The van der Waals surface area contributed by atoms with Gasteiger partial charge in [0.2, 0.25) is 10.0 Å². The molecule has 7 nitrogen and oxygen atoms in total. The lowest BCUT2D eigenvalue weighted by Crippen LogP contribution is -2.28. The molecule has 0 heterocycles. The highest BCUT2D eigenvalue weighted by atomic mass is 32.2. The van der Waals surface area contributed by atoms with Crippen molar-refractivity contribution in [3.63, 3.8) is 0 Å². The number of hydrogen-bond donors (Lipinski definition) is 1. The molecule has 2 aromatic carbocycles. The second kappa shape index (κ2) is 8.59. The number of nitrogens with zero attached hydrogens (tertiary/aromatic N) is 1. The van der Waals surface area contributed by atoms with Gasteiger partial charge in [0.25, 0.3) is 5.69 Å². The van der Waals surface area contributed by atoms with Crippen LogP contribution in [0.4, 0.5) is 5.69 Å². The Morgan fingerprint density at radius 1 is 1.12 bits per heavy atom. The summed E-state index contributed by atoms with van der Waals surface area (Å²) in [7, 11) is -3.98. The standard InChI is InChI=1S/C17H20N2O5S/c1-2-5-14-8-10-15(11-9-14)24-13-12-18-25(22,23)17-7-4-3-6-16(17)19(20)21/h3-4,6-11,18H,2,5,12-13H2,1H3. The van der Waals surface area contributed by atoms with Crippen LogP contribution in [-0.2, 0) is 16.4 Å². The number of aryl methyl sites for hydroxylation is 1. The second-order valence-corrected chi connectivity index (χ2v) is 7.10. The van der Waals surface area contributed by atoms with E-state index in [0.29, 0.717) is 5.75 Å². The van der Waals surface area contributed by atoms with Crippen LogP contribution in [0.25, 0.3) is 0 Å². The van der Waals surface area contributed by atoms with Gasteiger partial charge in [0.15, 0.2) is 4.90 Å². The molecule has 0 fully saturated rings. The molecule has 2 rings (SSSR count). The second-order valence-electron chi connectivity index (χ2n) is 5.37. The molecule has 0 saturated carbocycles. The summed E-state index contributed by atoms with van der Waals surface area (Å²) in [6, 6.07) is 12.8. The molecule has 0 unspecified atom stereocenters. The van der Waals surface area contributed by atoms with Gasteiger partial charge in [-0.15, -0.1) is 0 Å². The fourth-order valence-corrected chi connectivity index (χ4v) is 3.48. The summed E-state index contributed by atoms with van der Waals surface area (Å²) < 4.78 is 32.2. The van der Waals surface area contributed by atoms with Crippen LogP contribution in [0.1, 0.15) is 18.9 Å². The first-order valence-corrected chi connectivity index (χ1v) is 9.37. The summed E-state index contributed by atoms with van der Waals surface area (Å²) in [5, 5.41) is 10.9. The van der Waals surface area contributed by atoms with Gasteiger partial charge in [-0.2, -0.15) is 0 Å². The predicted octanol–water partition coefficient (Wildman–Crippen LogP) is 2.90. The zero-order valence-corrected chi connectivity index (χ0v) is 14.7. The molecule has 0 spiro atoms. The number of nitro benzene ring substituents is 1. The molecule has 0 aromatic heterocycles. The monoisotopic (exact) mass is 364 g/mol. The summed E-state index contributed by atoms with van der Waals surface area (Å²) in [5.74, 6) is 0.643. The number of para-hydroxylation sites is 1. The van der Waals surface area contributed by atoms with Crippen molar-refractivity contribution in [1.82, 2.24) is 4.72 Å². The number of nitrogens with one attached hydrogen (secondary N) is 1. The van der Waals surface area contributed by atoms with Crippen LogP contribution in [0, 0.1) is 10.1 Å². The zero-order valence-electron chi connectivity index (χ0n) is 13.8. The van der Waals surface area contributed by atoms with Crippen LogP contribution < -0.4 is 9.46 Å². The highest BCUT2D eigenvalue weighted by Gasteiger charge is 2.24. The van der Waals surface area contributed by atoms with Gasteiger partial charge in [-0.25, -0.2) is 13.1 Å². The molecular weight excluding hydrogens is 344 g/mol. The van der Waals surface area contributed by atoms with E-state index in [4.69, 9.17) is 4.74 Å². The SMILES string of the molecule is CCCc1ccc(OCCNS(=O)(=O)c2ccccc2[N+](=O)[O-])cc1. The number of ether oxygens (including phenoxy) is 1. The van der Waals surface area contributed by atoms with Gasteiger partial charge in [0.05, 0.1) is 4.92 Å². The van der Waals surface area contributed by atoms with Crippen LogP contribution in [-0.4, -0.2) is 26.5 Å². The maximum Gasteiger partial charge on any atom is 0.289 e. The summed E-state index contributed by atoms with van der Waals surface area (Å²) in [6.07, 6.45) is 2.06. The van der Waals surface area contributed by atoms with Crippen molar-refractivity contribution < 1.29 is 18.1 Å². The molecule has 8 heteroatoms. The first kappa shape index (κ1) is 18.9. The third-order valence-corrected chi connectivity index (χ3v) is 4.98. The Labute approximate surface area is 146 Å². The van der Waals surface area contributed by atoms with Gasteiger partial charge in [-0.3, -0.25) is 10.1 Å². The Balaban J connectivity index is 1.91. The van der Waals surface area contributed by atoms with E-state index in [2.05, 4.69) is 11.6 Å². The molecule has 2 aromatic rings. The Kier molecular flexibility index (Phi) is 6.49. The van der Waals surface area contributed by atoms with Crippen molar-refractivity contribution in [2.75, 3.05) is 13.2 Å². The van der Waals surface area contributed by atoms with E-state index in [1.807, 2.05) is 24.3 Å². The van der Waals surface area contributed by atoms with Crippen LogP contribution >= 0.6 is 0 Å². The summed E-state index contributed by atoms with van der Waals surface area (Å²) in [5.41, 5.74) is 0.759. The van der Waals surface area contributed by atoms with Crippen LogP contribution in [0.15, 0.2) is 53.4 Å². The van der Waals surface area contributed by atoms with E-state index in [0.717, 1.165) is 18.9 Å². The number of rotatable bonds is 9. The third-order valence-electron chi connectivity index (χ3n) is 3.48. The molecule has 0 atom stereocenters. The topological polar surface area (TPSA) is 98.5 Å². The van der Waals surface area contributed by atoms with E-state index in [9.17, 15) is 18.5 Å². The summed E-state index contributed by atoms with van der Waals surface area (Å²) in [4.78, 5) is 9.87. The van der Waals surface area contributed by atoms with Crippen LogP contribution in [0.5, 0.6) is 5.75 Å². The van der Waals surface area contributed by atoms with Crippen molar-refractivity contribution in [2.24, 2.45) is 0 Å².